The third kappa shape index (κ3) is 6.08. The highest BCUT2D eigenvalue weighted by atomic mass is 16.4. The first-order chi connectivity index (χ1) is 8.99. The van der Waals surface area contributed by atoms with Crippen LogP contribution >= 0.6 is 0 Å². The van der Waals surface area contributed by atoms with Crippen molar-refractivity contribution in [2.75, 3.05) is 26.7 Å². The van der Waals surface area contributed by atoms with Gasteiger partial charge in [0.05, 0.1) is 6.54 Å². The monoisotopic (exact) mass is 271 g/mol. The van der Waals surface area contributed by atoms with Gasteiger partial charge in [0.2, 0.25) is 5.91 Å². The second kappa shape index (κ2) is 7.60. The summed E-state index contributed by atoms with van der Waals surface area (Å²) in [6, 6.07) is -0.308. The molecule has 1 saturated carbocycles. The fraction of sp³-hybridized carbons (Fsp3) is 0.750. The van der Waals surface area contributed by atoms with Gasteiger partial charge in [-0.05, 0) is 18.8 Å². The summed E-state index contributed by atoms with van der Waals surface area (Å²) >= 11 is 0. The van der Waals surface area contributed by atoms with Crippen LogP contribution in [0.5, 0.6) is 0 Å². The van der Waals surface area contributed by atoms with Crippen LogP contribution in [0.4, 0.5) is 4.79 Å². The largest absolute Gasteiger partial charge is 0.480 e. The lowest BCUT2D eigenvalue weighted by atomic mass is 10.1. The highest BCUT2D eigenvalue weighted by Gasteiger charge is 2.19. The van der Waals surface area contributed by atoms with Gasteiger partial charge in [-0.2, -0.15) is 0 Å². The van der Waals surface area contributed by atoms with Crippen LogP contribution in [0.15, 0.2) is 0 Å². The maximum atomic E-state index is 11.7. The molecule has 19 heavy (non-hydrogen) atoms. The summed E-state index contributed by atoms with van der Waals surface area (Å²) < 4.78 is 0. The van der Waals surface area contributed by atoms with Gasteiger partial charge in [0.25, 0.3) is 0 Å². The SMILES string of the molecule is CN(CC1CCCC1)C(=O)NCC(=O)NCC(=O)O. The van der Waals surface area contributed by atoms with Gasteiger partial charge in [-0.3, -0.25) is 9.59 Å². The van der Waals surface area contributed by atoms with E-state index in [2.05, 4.69) is 10.6 Å². The predicted molar refractivity (Wildman–Crippen MR) is 68.6 cm³/mol. The summed E-state index contributed by atoms with van der Waals surface area (Å²) in [5.74, 6) is -1.07. The Morgan fingerprint density at radius 1 is 1.16 bits per heavy atom. The van der Waals surface area contributed by atoms with E-state index in [0.717, 1.165) is 12.8 Å². The number of urea groups is 1. The van der Waals surface area contributed by atoms with Crippen molar-refractivity contribution in [1.82, 2.24) is 15.5 Å². The van der Waals surface area contributed by atoms with Gasteiger partial charge in [0.1, 0.15) is 6.54 Å². The van der Waals surface area contributed by atoms with Gasteiger partial charge in [0, 0.05) is 13.6 Å². The van der Waals surface area contributed by atoms with Crippen molar-refractivity contribution in [2.45, 2.75) is 25.7 Å². The number of carbonyl (C=O) groups is 3. The number of rotatable bonds is 6. The zero-order valence-electron chi connectivity index (χ0n) is 11.1. The molecule has 3 N–H and O–H groups in total. The van der Waals surface area contributed by atoms with E-state index in [1.807, 2.05) is 0 Å². The molecular formula is C12H21N3O4. The molecule has 7 nitrogen and oxygen atoms in total. The minimum absolute atomic E-state index is 0.207. The second-order valence-corrected chi connectivity index (χ2v) is 4.86. The first-order valence-corrected chi connectivity index (χ1v) is 6.46. The lowest BCUT2D eigenvalue weighted by Gasteiger charge is -2.21. The molecule has 0 spiro atoms. The molecule has 0 aromatic heterocycles. The number of aliphatic carboxylic acids is 1. The van der Waals surface area contributed by atoms with E-state index < -0.39 is 18.4 Å². The zero-order chi connectivity index (χ0) is 14.3. The molecule has 1 fully saturated rings. The maximum absolute atomic E-state index is 11.7. The predicted octanol–water partition coefficient (Wildman–Crippen LogP) is 0.0188. The van der Waals surface area contributed by atoms with Crippen LogP contribution in [0.25, 0.3) is 0 Å². The van der Waals surface area contributed by atoms with Crippen LogP contribution in [0.3, 0.4) is 0 Å². The Labute approximate surface area is 112 Å². The lowest BCUT2D eigenvalue weighted by Crippen LogP contribution is -2.44. The minimum atomic E-state index is -1.11. The molecule has 0 unspecified atom stereocenters. The molecule has 0 bridgehead atoms. The van der Waals surface area contributed by atoms with Crippen molar-refractivity contribution in [3.63, 3.8) is 0 Å². The smallest absolute Gasteiger partial charge is 0.322 e. The number of hydrogen-bond donors (Lipinski definition) is 3. The normalized spacial score (nSPS) is 15.0. The molecule has 7 heteroatoms. The number of nitrogens with zero attached hydrogens (tertiary/aromatic N) is 1. The van der Waals surface area contributed by atoms with Crippen LogP contribution in [0, 0.1) is 5.92 Å². The quantitative estimate of drug-likeness (QED) is 0.634. The Hall–Kier alpha value is -1.79. The van der Waals surface area contributed by atoms with Crippen molar-refractivity contribution in [3.05, 3.63) is 0 Å². The van der Waals surface area contributed by atoms with E-state index in [1.54, 1.807) is 11.9 Å². The van der Waals surface area contributed by atoms with Crippen molar-refractivity contribution >= 4 is 17.9 Å². The second-order valence-electron chi connectivity index (χ2n) is 4.86. The average Bonchev–Trinajstić information content (AvgIpc) is 2.86. The third-order valence-corrected chi connectivity index (χ3v) is 3.19. The number of carboxylic acids is 1. The number of nitrogens with one attached hydrogen (secondary N) is 2. The fourth-order valence-electron chi connectivity index (χ4n) is 2.19. The highest BCUT2D eigenvalue weighted by Crippen LogP contribution is 2.24. The standard InChI is InChI=1S/C12H21N3O4/c1-15(8-9-4-2-3-5-9)12(19)14-6-10(16)13-7-11(17)18/h9H,2-8H2,1H3,(H,13,16)(H,14,19)(H,17,18). The molecule has 0 aromatic carbocycles. The van der Waals surface area contributed by atoms with E-state index >= 15 is 0 Å². The summed E-state index contributed by atoms with van der Waals surface area (Å²) in [7, 11) is 1.70. The van der Waals surface area contributed by atoms with Gasteiger partial charge in [-0.1, -0.05) is 12.8 Å². The maximum Gasteiger partial charge on any atom is 0.322 e. The molecule has 0 atom stereocenters. The summed E-state index contributed by atoms with van der Waals surface area (Å²) in [6.07, 6.45) is 4.74. The van der Waals surface area contributed by atoms with E-state index in [-0.39, 0.29) is 12.6 Å². The van der Waals surface area contributed by atoms with Gasteiger partial charge in [0.15, 0.2) is 0 Å². The highest BCUT2D eigenvalue weighted by molar-refractivity contribution is 5.86. The molecule has 0 aliphatic heterocycles. The van der Waals surface area contributed by atoms with Gasteiger partial charge in [-0.25, -0.2) is 4.79 Å². The molecule has 108 valence electrons. The lowest BCUT2D eigenvalue weighted by molar-refractivity contribution is -0.137. The first kappa shape index (κ1) is 15.3. The summed E-state index contributed by atoms with van der Waals surface area (Å²) in [5.41, 5.74) is 0. The molecule has 1 aliphatic rings. The molecule has 1 aliphatic carbocycles. The van der Waals surface area contributed by atoms with Crippen LogP contribution in [-0.4, -0.2) is 54.6 Å². The van der Waals surface area contributed by atoms with E-state index in [1.165, 1.54) is 12.8 Å². The third-order valence-electron chi connectivity index (χ3n) is 3.19. The molecule has 0 radical (unpaired) electrons. The number of carbonyl (C=O) groups excluding carboxylic acids is 2. The number of amides is 3. The minimum Gasteiger partial charge on any atom is -0.480 e. The first-order valence-electron chi connectivity index (χ1n) is 6.46. The molecule has 3 amide bonds. The average molecular weight is 271 g/mol. The van der Waals surface area contributed by atoms with Crippen LogP contribution in [0.2, 0.25) is 0 Å². The topological polar surface area (TPSA) is 98.7 Å². The van der Waals surface area contributed by atoms with Crippen LogP contribution < -0.4 is 10.6 Å². The molecular weight excluding hydrogens is 250 g/mol. The van der Waals surface area contributed by atoms with E-state index in [9.17, 15) is 14.4 Å². The summed E-state index contributed by atoms with van der Waals surface area (Å²) in [6.45, 7) is 0.0519. The number of hydrogen-bond acceptors (Lipinski definition) is 3. The van der Waals surface area contributed by atoms with E-state index in [0.29, 0.717) is 12.5 Å². The Balaban J connectivity index is 2.18. The molecule has 0 saturated heterocycles. The number of carboxylic acid groups (broad SMARTS) is 1. The van der Waals surface area contributed by atoms with Gasteiger partial charge < -0.3 is 20.6 Å². The summed E-state index contributed by atoms with van der Waals surface area (Å²) in [5, 5.41) is 13.0. The van der Waals surface area contributed by atoms with Crippen molar-refractivity contribution in [2.24, 2.45) is 5.92 Å². The Bertz CT molecular complexity index is 340. The van der Waals surface area contributed by atoms with Crippen molar-refractivity contribution in [3.8, 4) is 0 Å². The van der Waals surface area contributed by atoms with Crippen molar-refractivity contribution in [1.29, 1.82) is 0 Å². The Morgan fingerprint density at radius 3 is 2.37 bits per heavy atom. The molecule has 1 rings (SSSR count). The van der Waals surface area contributed by atoms with Crippen molar-refractivity contribution < 1.29 is 19.5 Å². The zero-order valence-corrected chi connectivity index (χ0v) is 11.1. The van der Waals surface area contributed by atoms with Gasteiger partial charge >= 0.3 is 12.0 Å². The molecule has 0 heterocycles. The fourth-order valence-corrected chi connectivity index (χ4v) is 2.19. The Morgan fingerprint density at radius 2 is 1.79 bits per heavy atom. The Kier molecular flexibility index (Phi) is 6.11. The van der Waals surface area contributed by atoms with E-state index in [4.69, 9.17) is 5.11 Å². The summed E-state index contributed by atoms with van der Waals surface area (Å²) in [4.78, 5) is 34.7. The molecule has 0 aromatic rings. The van der Waals surface area contributed by atoms with Crippen LogP contribution in [0.1, 0.15) is 25.7 Å². The van der Waals surface area contributed by atoms with Gasteiger partial charge in [-0.15, -0.1) is 0 Å². The van der Waals surface area contributed by atoms with Crippen LogP contribution in [-0.2, 0) is 9.59 Å².